The van der Waals surface area contributed by atoms with E-state index in [1.807, 2.05) is 24.3 Å². The highest BCUT2D eigenvalue weighted by atomic mass is 16.3. The first-order chi connectivity index (χ1) is 7.22. The summed E-state index contributed by atoms with van der Waals surface area (Å²) in [5, 5.41) is 2.81. The zero-order valence-corrected chi connectivity index (χ0v) is 8.64. The van der Waals surface area contributed by atoms with Gasteiger partial charge in [0.15, 0.2) is 0 Å². The summed E-state index contributed by atoms with van der Waals surface area (Å²) in [6, 6.07) is 6.97. The van der Waals surface area contributed by atoms with E-state index in [1.165, 1.54) is 0 Å². The predicted molar refractivity (Wildman–Crippen MR) is 60.8 cm³/mol. The van der Waals surface area contributed by atoms with E-state index in [0.29, 0.717) is 12.1 Å². The second-order valence-electron chi connectivity index (χ2n) is 3.33. The van der Waals surface area contributed by atoms with Crippen molar-refractivity contribution in [3.8, 4) is 0 Å². The number of ketones is 1. The molecule has 0 aliphatic rings. The number of allylic oxidation sites excluding steroid dienone is 1. The molecule has 0 heterocycles. The van der Waals surface area contributed by atoms with E-state index in [2.05, 4.69) is 5.18 Å². The third-order valence-electron chi connectivity index (χ3n) is 1.97. The average molecular weight is 203 g/mol. The standard InChI is InChI=1S/C12H13NO2/c1-10(14)4-2-3-5-11-6-8-12(13-15)9-7-11/h3,5-9H,2,4H2,1H3/b5-3+. The molecule has 15 heavy (non-hydrogen) atoms. The van der Waals surface area contributed by atoms with Crippen molar-refractivity contribution in [2.75, 3.05) is 0 Å². The van der Waals surface area contributed by atoms with Gasteiger partial charge in [0.05, 0.1) is 0 Å². The van der Waals surface area contributed by atoms with Crippen LogP contribution in [0.15, 0.2) is 35.5 Å². The molecular formula is C12H13NO2. The van der Waals surface area contributed by atoms with E-state index < -0.39 is 0 Å². The molecule has 1 aromatic carbocycles. The average Bonchev–Trinajstić information content (AvgIpc) is 2.25. The summed E-state index contributed by atoms with van der Waals surface area (Å²) >= 11 is 0. The molecule has 0 saturated heterocycles. The van der Waals surface area contributed by atoms with Crippen molar-refractivity contribution in [1.29, 1.82) is 0 Å². The largest absolute Gasteiger partial charge is 0.300 e. The van der Waals surface area contributed by atoms with Crippen molar-refractivity contribution in [2.24, 2.45) is 5.18 Å². The molecule has 0 atom stereocenters. The minimum absolute atomic E-state index is 0.195. The Bertz CT molecular complexity index is 366. The Balaban J connectivity index is 2.49. The highest BCUT2D eigenvalue weighted by Crippen LogP contribution is 2.13. The summed E-state index contributed by atoms with van der Waals surface area (Å²) in [7, 11) is 0. The van der Waals surface area contributed by atoms with Gasteiger partial charge in [-0.2, -0.15) is 0 Å². The maximum Gasteiger partial charge on any atom is 0.130 e. The number of carbonyl (C=O) groups excluding carboxylic acids is 1. The van der Waals surface area contributed by atoms with E-state index in [4.69, 9.17) is 0 Å². The van der Waals surface area contributed by atoms with Gasteiger partial charge in [-0.1, -0.05) is 24.3 Å². The first-order valence-electron chi connectivity index (χ1n) is 4.82. The van der Waals surface area contributed by atoms with Crippen molar-refractivity contribution >= 4 is 17.5 Å². The number of carbonyl (C=O) groups is 1. The van der Waals surface area contributed by atoms with Crippen molar-refractivity contribution in [3.63, 3.8) is 0 Å². The Kier molecular flexibility index (Phi) is 4.41. The van der Waals surface area contributed by atoms with Gasteiger partial charge in [0.2, 0.25) is 0 Å². The van der Waals surface area contributed by atoms with Crippen LogP contribution in [0, 0.1) is 4.91 Å². The van der Waals surface area contributed by atoms with E-state index in [-0.39, 0.29) is 5.78 Å². The van der Waals surface area contributed by atoms with Crippen LogP contribution in [0.2, 0.25) is 0 Å². The minimum atomic E-state index is 0.195. The molecule has 0 bridgehead atoms. The first kappa shape index (κ1) is 11.3. The fourth-order valence-corrected chi connectivity index (χ4v) is 1.15. The van der Waals surface area contributed by atoms with Crippen LogP contribution in [-0.4, -0.2) is 5.78 Å². The molecular weight excluding hydrogens is 190 g/mol. The van der Waals surface area contributed by atoms with Gasteiger partial charge in [0, 0.05) is 6.42 Å². The summed E-state index contributed by atoms with van der Waals surface area (Å²) in [6.45, 7) is 1.58. The second kappa shape index (κ2) is 5.86. The summed E-state index contributed by atoms with van der Waals surface area (Å²) in [5.41, 5.74) is 1.43. The summed E-state index contributed by atoms with van der Waals surface area (Å²) in [6.07, 6.45) is 5.20. The number of Topliss-reactive ketones (excluding diaryl/α,β-unsaturated/α-hetero) is 1. The van der Waals surface area contributed by atoms with E-state index in [1.54, 1.807) is 19.1 Å². The van der Waals surface area contributed by atoms with Gasteiger partial charge < -0.3 is 4.79 Å². The van der Waals surface area contributed by atoms with Crippen LogP contribution < -0.4 is 0 Å². The minimum Gasteiger partial charge on any atom is -0.300 e. The highest BCUT2D eigenvalue weighted by molar-refractivity contribution is 5.75. The molecule has 0 spiro atoms. The van der Waals surface area contributed by atoms with Crippen LogP contribution in [0.1, 0.15) is 25.3 Å². The lowest BCUT2D eigenvalue weighted by atomic mass is 10.1. The lowest BCUT2D eigenvalue weighted by Crippen LogP contribution is -1.86. The summed E-state index contributed by atoms with van der Waals surface area (Å²) < 4.78 is 0. The smallest absolute Gasteiger partial charge is 0.130 e. The van der Waals surface area contributed by atoms with E-state index in [9.17, 15) is 9.70 Å². The van der Waals surface area contributed by atoms with Crippen LogP contribution in [0.3, 0.4) is 0 Å². The predicted octanol–water partition coefficient (Wildman–Crippen LogP) is 3.47. The Morgan fingerprint density at radius 3 is 2.53 bits per heavy atom. The van der Waals surface area contributed by atoms with Crippen molar-refractivity contribution in [3.05, 3.63) is 40.8 Å². The number of hydrogen-bond acceptors (Lipinski definition) is 3. The Morgan fingerprint density at radius 1 is 1.33 bits per heavy atom. The molecule has 78 valence electrons. The second-order valence-corrected chi connectivity index (χ2v) is 3.33. The van der Waals surface area contributed by atoms with Gasteiger partial charge in [-0.25, -0.2) is 0 Å². The van der Waals surface area contributed by atoms with Crippen LogP contribution in [0.5, 0.6) is 0 Å². The first-order valence-corrected chi connectivity index (χ1v) is 4.82. The van der Waals surface area contributed by atoms with E-state index in [0.717, 1.165) is 12.0 Å². The zero-order valence-electron chi connectivity index (χ0n) is 8.64. The number of hydrogen-bond donors (Lipinski definition) is 0. The molecule has 3 nitrogen and oxygen atoms in total. The topological polar surface area (TPSA) is 46.5 Å². The highest BCUT2D eigenvalue weighted by Gasteiger charge is 1.91. The lowest BCUT2D eigenvalue weighted by Gasteiger charge is -1.93. The van der Waals surface area contributed by atoms with Crippen LogP contribution >= 0.6 is 0 Å². The number of nitroso groups, excluding NO2 is 1. The van der Waals surface area contributed by atoms with E-state index >= 15 is 0 Å². The third kappa shape index (κ3) is 4.31. The summed E-state index contributed by atoms with van der Waals surface area (Å²) in [5.74, 6) is 0.195. The van der Waals surface area contributed by atoms with Gasteiger partial charge in [-0.15, -0.1) is 4.91 Å². The van der Waals surface area contributed by atoms with Crippen molar-refractivity contribution in [1.82, 2.24) is 0 Å². The van der Waals surface area contributed by atoms with Gasteiger partial charge >= 0.3 is 0 Å². The van der Waals surface area contributed by atoms with Gasteiger partial charge in [0.25, 0.3) is 0 Å². The fraction of sp³-hybridized carbons (Fsp3) is 0.250. The zero-order chi connectivity index (χ0) is 11.1. The summed E-state index contributed by atoms with van der Waals surface area (Å²) in [4.78, 5) is 20.8. The van der Waals surface area contributed by atoms with Gasteiger partial charge in [-0.3, -0.25) is 0 Å². The molecule has 1 rings (SSSR count). The number of nitrogens with zero attached hydrogens (tertiary/aromatic N) is 1. The molecule has 0 saturated carbocycles. The quantitative estimate of drug-likeness (QED) is 0.688. The molecule has 0 aliphatic heterocycles. The van der Waals surface area contributed by atoms with Crippen LogP contribution in [-0.2, 0) is 4.79 Å². The maximum atomic E-state index is 10.7. The van der Waals surface area contributed by atoms with Gasteiger partial charge in [0.1, 0.15) is 11.5 Å². The molecule has 0 fully saturated rings. The SMILES string of the molecule is CC(=O)CC/C=C/c1ccc(N=O)cc1. The maximum absolute atomic E-state index is 10.7. The molecule has 0 aliphatic carbocycles. The third-order valence-corrected chi connectivity index (χ3v) is 1.97. The normalized spacial score (nSPS) is 10.5. The molecule has 0 radical (unpaired) electrons. The number of rotatable bonds is 5. The molecule has 0 N–H and O–H groups in total. The molecule has 0 aromatic heterocycles. The fourth-order valence-electron chi connectivity index (χ4n) is 1.15. The van der Waals surface area contributed by atoms with Gasteiger partial charge in [-0.05, 0) is 36.2 Å². The molecule has 0 unspecified atom stereocenters. The van der Waals surface area contributed by atoms with Crippen molar-refractivity contribution < 1.29 is 4.79 Å². The Labute approximate surface area is 88.8 Å². The lowest BCUT2D eigenvalue weighted by molar-refractivity contribution is -0.116. The Morgan fingerprint density at radius 2 is 2.00 bits per heavy atom. The van der Waals surface area contributed by atoms with Crippen molar-refractivity contribution in [2.45, 2.75) is 19.8 Å². The van der Waals surface area contributed by atoms with Crippen LogP contribution in [0.25, 0.3) is 6.08 Å². The molecule has 0 amide bonds. The monoisotopic (exact) mass is 203 g/mol. The van der Waals surface area contributed by atoms with Crippen LogP contribution in [0.4, 0.5) is 5.69 Å². The number of benzene rings is 1. The molecule has 1 aromatic rings. The molecule has 3 heteroatoms. The Hall–Kier alpha value is -1.77.